The molecule has 0 aromatic rings. The van der Waals surface area contributed by atoms with Crippen molar-refractivity contribution in [3.05, 3.63) is 0 Å². The molecule has 0 aliphatic heterocycles. The molecule has 0 nitrogen and oxygen atoms in total. The van der Waals surface area contributed by atoms with E-state index in [0.29, 0.717) is 0 Å². The summed E-state index contributed by atoms with van der Waals surface area (Å²) >= 11 is 0. The molecule has 0 aromatic carbocycles. The van der Waals surface area contributed by atoms with Gasteiger partial charge < -0.3 is 0 Å². The van der Waals surface area contributed by atoms with Crippen LogP contribution >= 0.6 is 0 Å². The van der Waals surface area contributed by atoms with Gasteiger partial charge in [-0.2, -0.15) is 0 Å². The third kappa shape index (κ3) is 72.0. The van der Waals surface area contributed by atoms with E-state index in [1.807, 2.05) is 0 Å². The second-order valence-corrected chi connectivity index (χ2v) is 0. The Hall–Kier alpha value is 2.00. The molecule has 2 radical (unpaired) electrons. The van der Waals surface area contributed by atoms with E-state index < -0.39 is 0 Å². The Kier molecular flexibility index (Phi) is 2020. The summed E-state index contributed by atoms with van der Waals surface area (Å²) in [5.41, 5.74) is 0. The van der Waals surface area contributed by atoms with E-state index in [1.165, 1.54) is 0 Å². The van der Waals surface area contributed by atoms with Gasteiger partial charge in [0.15, 0.2) is 0 Å². The predicted octanol–water partition coefficient (Wildman–Crippen LogP) is 2.42. The molecule has 2 heteroatoms. The molecule has 0 heterocycles. The molecular formula is C5H20Na2. The molecule has 0 aliphatic carbocycles. The van der Waals surface area contributed by atoms with Crippen LogP contribution in [0.1, 0.15) is 37.1 Å². The van der Waals surface area contributed by atoms with Crippen LogP contribution in [0.5, 0.6) is 0 Å². The second-order valence-electron chi connectivity index (χ2n) is 0. The fourth-order valence-corrected chi connectivity index (χ4v) is 0. The standard InChI is InChI=1S/5CH4.2Na/h5*1H4;;. The molecule has 0 unspecified atom stereocenters. The molecule has 0 saturated heterocycles. The van der Waals surface area contributed by atoms with Crippen molar-refractivity contribution in [1.29, 1.82) is 0 Å². The largest absolute Gasteiger partial charge is 0.0776 e. The molecule has 0 spiro atoms. The molecule has 0 bridgehead atoms. The first-order chi connectivity index (χ1) is 0. The minimum atomic E-state index is 0. The molecule has 0 fully saturated rings. The summed E-state index contributed by atoms with van der Waals surface area (Å²) in [5, 5.41) is 0. The van der Waals surface area contributed by atoms with Crippen molar-refractivity contribution in [2.75, 3.05) is 0 Å². The van der Waals surface area contributed by atoms with E-state index in [2.05, 4.69) is 0 Å². The molecule has 0 atom stereocenters. The zero-order valence-corrected chi connectivity index (χ0v) is 6.00. The van der Waals surface area contributed by atoms with E-state index in [-0.39, 0.29) is 96.2 Å². The van der Waals surface area contributed by atoms with Crippen molar-refractivity contribution >= 4 is 59.1 Å². The van der Waals surface area contributed by atoms with E-state index in [1.54, 1.807) is 0 Å². The predicted molar refractivity (Wildman–Crippen MR) is 45.2 cm³/mol. The van der Waals surface area contributed by atoms with Crippen LogP contribution in [0.25, 0.3) is 0 Å². The molecule has 0 saturated carbocycles. The Morgan fingerprint density at radius 1 is 0.286 bits per heavy atom. The zero-order chi connectivity index (χ0) is 0. The van der Waals surface area contributed by atoms with Crippen LogP contribution in [-0.4, -0.2) is 59.1 Å². The molecule has 0 amide bonds. The van der Waals surface area contributed by atoms with Gasteiger partial charge in [-0.3, -0.25) is 0 Å². The summed E-state index contributed by atoms with van der Waals surface area (Å²) in [4.78, 5) is 0. The maximum Gasteiger partial charge on any atom is 0 e. The quantitative estimate of drug-likeness (QED) is 0.437. The van der Waals surface area contributed by atoms with Gasteiger partial charge in [0.05, 0.1) is 0 Å². The third-order valence-corrected chi connectivity index (χ3v) is 0. The first kappa shape index (κ1) is 144. The van der Waals surface area contributed by atoms with Crippen molar-refractivity contribution in [2.45, 2.75) is 37.1 Å². The first-order valence-corrected chi connectivity index (χ1v) is 0. The van der Waals surface area contributed by atoms with E-state index in [4.69, 9.17) is 0 Å². The van der Waals surface area contributed by atoms with E-state index in [0.717, 1.165) is 0 Å². The van der Waals surface area contributed by atoms with Crippen molar-refractivity contribution < 1.29 is 0 Å². The van der Waals surface area contributed by atoms with Crippen LogP contribution in [0.15, 0.2) is 0 Å². The molecular weight excluding hydrogens is 106 g/mol. The van der Waals surface area contributed by atoms with Gasteiger partial charge >= 0.3 is 0 Å². The van der Waals surface area contributed by atoms with Gasteiger partial charge in [-0.1, -0.05) is 37.1 Å². The molecule has 0 rings (SSSR count). The summed E-state index contributed by atoms with van der Waals surface area (Å²) in [6, 6.07) is 0. The smallest absolute Gasteiger partial charge is 0 e. The average molecular weight is 126 g/mol. The van der Waals surface area contributed by atoms with Crippen LogP contribution < -0.4 is 0 Å². The number of rotatable bonds is 0. The maximum atomic E-state index is 0. The van der Waals surface area contributed by atoms with Crippen LogP contribution in [0.4, 0.5) is 0 Å². The van der Waals surface area contributed by atoms with Crippen molar-refractivity contribution in [1.82, 2.24) is 0 Å². The fourth-order valence-electron chi connectivity index (χ4n) is 0. The topological polar surface area (TPSA) is 0 Å². The van der Waals surface area contributed by atoms with Crippen LogP contribution in [0.3, 0.4) is 0 Å². The van der Waals surface area contributed by atoms with Gasteiger partial charge in [0, 0.05) is 59.1 Å². The summed E-state index contributed by atoms with van der Waals surface area (Å²) in [5.74, 6) is 0. The summed E-state index contributed by atoms with van der Waals surface area (Å²) < 4.78 is 0. The summed E-state index contributed by atoms with van der Waals surface area (Å²) in [6.07, 6.45) is 0. The fraction of sp³-hybridized carbons (Fsp3) is 1.00. The van der Waals surface area contributed by atoms with Gasteiger partial charge in [0.1, 0.15) is 0 Å². The molecule has 0 aliphatic rings. The van der Waals surface area contributed by atoms with E-state index >= 15 is 0 Å². The van der Waals surface area contributed by atoms with Gasteiger partial charge in [-0.25, -0.2) is 0 Å². The van der Waals surface area contributed by atoms with Crippen LogP contribution in [-0.2, 0) is 0 Å². The monoisotopic (exact) mass is 126 g/mol. The summed E-state index contributed by atoms with van der Waals surface area (Å²) in [6.45, 7) is 0. The van der Waals surface area contributed by atoms with Crippen LogP contribution in [0.2, 0.25) is 0 Å². The molecule has 42 valence electrons. The molecule has 0 N–H and O–H groups in total. The molecule has 7 heavy (non-hydrogen) atoms. The normalized spacial score (nSPS) is 0. The number of hydrogen-bond donors (Lipinski definition) is 0. The van der Waals surface area contributed by atoms with Gasteiger partial charge in [-0.05, 0) is 0 Å². The Morgan fingerprint density at radius 3 is 0.286 bits per heavy atom. The van der Waals surface area contributed by atoms with Crippen LogP contribution in [0, 0.1) is 0 Å². The Bertz CT molecular complexity index is 6.04. The van der Waals surface area contributed by atoms with Gasteiger partial charge in [0.2, 0.25) is 0 Å². The Balaban J connectivity index is 0. The second kappa shape index (κ2) is 98.0. The van der Waals surface area contributed by atoms with E-state index in [9.17, 15) is 0 Å². The average Bonchev–Trinajstić information content (AvgIpc) is 0. The van der Waals surface area contributed by atoms with Crippen molar-refractivity contribution in [3.8, 4) is 0 Å². The third-order valence-electron chi connectivity index (χ3n) is 0. The van der Waals surface area contributed by atoms with Gasteiger partial charge in [0.25, 0.3) is 0 Å². The minimum absolute atomic E-state index is 0. The maximum absolute atomic E-state index is 0. The van der Waals surface area contributed by atoms with Gasteiger partial charge in [-0.15, -0.1) is 0 Å². The first-order valence-electron chi connectivity index (χ1n) is 0. The minimum Gasteiger partial charge on any atom is -0.0776 e. The Morgan fingerprint density at radius 2 is 0.286 bits per heavy atom. The SMILES string of the molecule is C.C.C.C.C.[Na].[Na]. The number of hydrogen-bond acceptors (Lipinski definition) is 0. The molecule has 0 aromatic heterocycles. The zero-order valence-electron chi connectivity index (χ0n) is 2.00. The van der Waals surface area contributed by atoms with Crippen molar-refractivity contribution in [3.63, 3.8) is 0 Å². The summed E-state index contributed by atoms with van der Waals surface area (Å²) in [7, 11) is 0. The van der Waals surface area contributed by atoms with Crippen molar-refractivity contribution in [2.24, 2.45) is 0 Å². The Labute approximate surface area is 95.0 Å².